The van der Waals surface area contributed by atoms with E-state index in [-0.39, 0.29) is 5.91 Å². The molecule has 1 spiro atoms. The van der Waals surface area contributed by atoms with Crippen LogP contribution in [-0.4, -0.2) is 63.3 Å². The maximum atomic E-state index is 12.2. The highest BCUT2D eigenvalue weighted by molar-refractivity contribution is 6.04. The molecule has 1 aliphatic carbocycles. The zero-order chi connectivity index (χ0) is 19.6. The lowest BCUT2D eigenvalue weighted by atomic mass is 9.86. The maximum absolute atomic E-state index is 12.2. The van der Waals surface area contributed by atoms with Gasteiger partial charge < -0.3 is 29.6 Å². The highest BCUT2D eigenvalue weighted by atomic mass is 16.7. The van der Waals surface area contributed by atoms with Gasteiger partial charge in [0.1, 0.15) is 0 Å². The third-order valence-electron chi connectivity index (χ3n) is 5.64. The van der Waals surface area contributed by atoms with Crippen molar-refractivity contribution in [3.63, 3.8) is 0 Å². The topological polar surface area (TPSA) is 83.2 Å². The number of nitrogen functional groups attached to an aromatic ring is 1. The minimum absolute atomic E-state index is 0.0182. The van der Waals surface area contributed by atoms with Crippen molar-refractivity contribution < 1.29 is 23.7 Å². The second-order valence-corrected chi connectivity index (χ2v) is 7.48. The minimum Gasteiger partial charge on any atom is -0.398 e. The van der Waals surface area contributed by atoms with Crippen molar-refractivity contribution in [2.45, 2.75) is 31.6 Å². The van der Waals surface area contributed by atoms with E-state index in [0.717, 1.165) is 56.8 Å². The number of benzene rings is 1. The molecule has 3 heterocycles. The molecule has 2 fully saturated rings. The van der Waals surface area contributed by atoms with Crippen molar-refractivity contribution in [1.82, 2.24) is 4.90 Å². The fraction of sp³-hybridized carbons (Fsp3) is 0.571. The van der Waals surface area contributed by atoms with E-state index in [9.17, 15) is 4.79 Å². The summed E-state index contributed by atoms with van der Waals surface area (Å²) in [5, 5.41) is 0. The summed E-state index contributed by atoms with van der Waals surface area (Å²) in [6.07, 6.45) is 4.73. The molecule has 152 valence electrons. The summed E-state index contributed by atoms with van der Waals surface area (Å²) in [4.78, 5) is 14.0. The molecule has 0 atom stereocenters. The van der Waals surface area contributed by atoms with Crippen LogP contribution in [0.1, 0.15) is 40.7 Å². The summed E-state index contributed by atoms with van der Waals surface area (Å²) in [6, 6.07) is 3.89. The first-order valence-corrected chi connectivity index (χ1v) is 9.89. The predicted octanol–water partition coefficient (Wildman–Crippen LogP) is 2.20. The smallest absolute Gasteiger partial charge is 0.256 e. The van der Waals surface area contributed by atoms with Crippen molar-refractivity contribution in [2.24, 2.45) is 0 Å². The molecule has 4 aliphatic rings. The zero-order valence-corrected chi connectivity index (χ0v) is 16.4. The normalized spacial score (nSPS) is 23.2. The quantitative estimate of drug-likeness (QED) is 0.743. The van der Waals surface area contributed by atoms with E-state index < -0.39 is 5.79 Å². The van der Waals surface area contributed by atoms with Crippen LogP contribution in [0.15, 0.2) is 18.2 Å². The Bertz CT molecular complexity index is 755. The van der Waals surface area contributed by atoms with E-state index in [4.69, 9.17) is 24.7 Å². The van der Waals surface area contributed by atoms with E-state index in [1.165, 1.54) is 5.57 Å². The summed E-state index contributed by atoms with van der Waals surface area (Å²) in [7, 11) is 1.82. The standard InChI is InChI=1S/C17H20N2O3.C4H8O2/c1-19-10-13-12(2-3-14(18)15(13)16(19)20)11-4-6-17(7-5-11)21-8-9-22-17;1-2-6-4-3-5-1/h2-4H,5-10,18H2,1H3;1-4H2. The number of nitrogens with two attached hydrogens (primary N) is 1. The van der Waals surface area contributed by atoms with Crippen molar-refractivity contribution >= 4 is 17.2 Å². The summed E-state index contributed by atoms with van der Waals surface area (Å²) in [5.74, 6) is -0.391. The molecule has 0 aromatic heterocycles. The van der Waals surface area contributed by atoms with Crippen LogP contribution in [0.3, 0.4) is 0 Å². The third kappa shape index (κ3) is 3.80. The molecule has 0 radical (unpaired) electrons. The molecule has 0 saturated carbocycles. The molecule has 0 bridgehead atoms. The highest BCUT2D eigenvalue weighted by Crippen LogP contribution is 2.41. The van der Waals surface area contributed by atoms with Gasteiger partial charge in [0.2, 0.25) is 0 Å². The molecule has 1 aromatic carbocycles. The molecular formula is C21H28N2O5. The molecule has 2 N–H and O–H groups in total. The van der Waals surface area contributed by atoms with Gasteiger partial charge in [0.15, 0.2) is 5.79 Å². The van der Waals surface area contributed by atoms with Crippen LogP contribution in [0.5, 0.6) is 0 Å². The van der Waals surface area contributed by atoms with Gasteiger partial charge in [-0.05, 0) is 29.2 Å². The molecule has 5 rings (SSSR count). The van der Waals surface area contributed by atoms with Gasteiger partial charge in [0.25, 0.3) is 5.91 Å². The largest absolute Gasteiger partial charge is 0.398 e. The molecular weight excluding hydrogens is 360 g/mol. The molecule has 0 unspecified atom stereocenters. The SMILES string of the molecule is C1COCCO1.CN1Cc2c(C3=CCC4(CC3)OCCO4)ccc(N)c2C1=O. The van der Waals surface area contributed by atoms with Gasteiger partial charge in [-0.2, -0.15) is 0 Å². The van der Waals surface area contributed by atoms with Crippen molar-refractivity contribution in [1.29, 1.82) is 0 Å². The van der Waals surface area contributed by atoms with Gasteiger partial charge in [-0.1, -0.05) is 12.1 Å². The van der Waals surface area contributed by atoms with E-state index in [1.807, 2.05) is 19.2 Å². The van der Waals surface area contributed by atoms with Crippen LogP contribution in [0.25, 0.3) is 5.57 Å². The number of carbonyl (C=O) groups excluding carboxylic acids is 1. The van der Waals surface area contributed by atoms with E-state index >= 15 is 0 Å². The number of anilines is 1. The highest BCUT2D eigenvalue weighted by Gasteiger charge is 2.38. The number of hydrogen-bond donors (Lipinski definition) is 1. The van der Waals surface area contributed by atoms with Gasteiger partial charge in [-0.15, -0.1) is 0 Å². The molecule has 3 aliphatic heterocycles. The number of fused-ring (bicyclic) bond motifs is 1. The number of rotatable bonds is 1. The second kappa shape index (κ2) is 8.21. The van der Waals surface area contributed by atoms with Crippen LogP contribution in [0, 0.1) is 0 Å². The van der Waals surface area contributed by atoms with Gasteiger partial charge >= 0.3 is 0 Å². The molecule has 1 aromatic rings. The Kier molecular flexibility index (Phi) is 5.68. The lowest BCUT2D eigenvalue weighted by Crippen LogP contribution is -2.31. The summed E-state index contributed by atoms with van der Waals surface area (Å²) in [6.45, 7) is 5.10. The van der Waals surface area contributed by atoms with Crippen LogP contribution in [0.2, 0.25) is 0 Å². The first kappa shape index (κ1) is 19.4. The number of nitrogens with zero attached hydrogens (tertiary/aromatic N) is 1. The summed E-state index contributed by atoms with van der Waals surface area (Å²) in [5.41, 5.74) is 10.7. The molecule has 7 heteroatoms. The van der Waals surface area contributed by atoms with Crippen LogP contribution in [-0.2, 0) is 25.5 Å². The first-order chi connectivity index (χ1) is 13.6. The number of carbonyl (C=O) groups is 1. The monoisotopic (exact) mass is 388 g/mol. The Balaban J connectivity index is 0.000000275. The Morgan fingerprint density at radius 2 is 1.71 bits per heavy atom. The minimum atomic E-state index is -0.410. The number of hydrogen-bond acceptors (Lipinski definition) is 6. The Morgan fingerprint density at radius 3 is 2.29 bits per heavy atom. The third-order valence-corrected chi connectivity index (χ3v) is 5.64. The van der Waals surface area contributed by atoms with E-state index in [0.29, 0.717) is 31.0 Å². The number of ether oxygens (including phenoxy) is 4. The van der Waals surface area contributed by atoms with Crippen molar-refractivity contribution in [3.8, 4) is 0 Å². The van der Waals surface area contributed by atoms with E-state index in [1.54, 1.807) is 4.90 Å². The molecule has 7 nitrogen and oxygen atoms in total. The fourth-order valence-corrected chi connectivity index (χ4v) is 4.13. The fourth-order valence-electron chi connectivity index (χ4n) is 4.13. The Hall–Kier alpha value is -1.93. The van der Waals surface area contributed by atoms with Crippen molar-refractivity contribution in [3.05, 3.63) is 34.9 Å². The maximum Gasteiger partial charge on any atom is 0.256 e. The van der Waals surface area contributed by atoms with Crippen LogP contribution >= 0.6 is 0 Å². The Labute approximate surface area is 165 Å². The van der Waals surface area contributed by atoms with Crippen LogP contribution < -0.4 is 5.73 Å². The summed E-state index contributed by atoms with van der Waals surface area (Å²) >= 11 is 0. The average molecular weight is 388 g/mol. The van der Waals surface area contributed by atoms with Gasteiger partial charge in [0.05, 0.1) is 45.2 Å². The second-order valence-electron chi connectivity index (χ2n) is 7.48. The van der Waals surface area contributed by atoms with Gasteiger partial charge in [-0.25, -0.2) is 0 Å². The summed E-state index contributed by atoms with van der Waals surface area (Å²) < 4.78 is 21.4. The zero-order valence-electron chi connectivity index (χ0n) is 16.4. The van der Waals surface area contributed by atoms with E-state index in [2.05, 4.69) is 6.08 Å². The van der Waals surface area contributed by atoms with Gasteiger partial charge in [-0.3, -0.25) is 4.79 Å². The lowest BCUT2D eigenvalue weighted by Gasteiger charge is -2.31. The Morgan fingerprint density at radius 1 is 1.04 bits per heavy atom. The molecule has 28 heavy (non-hydrogen) atoms. The molecule has 2 saturated heterocycles. The van der Waals surface area contributed by atoms with Gasteiger partial charge in [0, 0.05) is 32.1 Å². The first-order valence-electron chi connectivity index (χ1n) is 9.89. The average Bonchev–Trinajstić information content (AvgIpc) is 3.30. The van der Waals surface area contributed by atoms with Crippen LogP contribution in [0.4, 0.5) is 5.69 Å². The predicted molar refractivity (Wildman–Crippen MR) is 105 cm³/mol. The lowest BCUT2D eigenvalue weighted by molar-refractivity contribution is -0.159. The van der Waals surface area contributed by atoms with Crippen molar-refractivity contribution in [2.75, 3.05) is 52.4 Å². The molecule has 1 amide bonds. The number of allylic oxidation sites excluding steroid dienone is 1. The number of amides is 1.